The van der Waals surface area contributed by atoms with Crippen LogP contribution in [0.2, 0.25) is 0 Å². The van der Waals surface area contributed by atoms with Crippen LogP contribution in [-0.4, -0.2) is 12.6 Å². The number of ether oxygens (including phenoxy) is 1. The van der Waals surface area contributed by atoms with Gasteiger partial charge in [0.15, 0.2) is 0 Å². The molecule has 0 aliphatic carbocycles. The van der Waals surface area contributed by atoms with Crippen molar-refractivity contribution >= 4 is 22.8 Å². The highest BCUT2D eigenvalue weighted by Gasteiger charge is 1.99. The summed E-state index contributed by atoms with van der Waals surface area (Å²) < 4.78 is 4.95. The van der Waals surface area contributed by atoms with E-state index >= 15 is 0 Å². The number of benzene rings is 2. The lowest BCUT2D eigenvalue weighted by Gasteiger charge is -2.01. The van der Waals surface area contributed by atoms with E-state index in [0.717, 1.165) is 16.3 Å². The Kier molecular flexibility index (Phi) is 4.36. The van der Waals surface area contributed by atoms with Crippen LogP contribution < -0.4 is 0 Å². The Balaban J connectivity index is 2.13. The van der Waals surface area contributed by atoms with Gasteiger partial charge in [-0.3, -0.25) is 0 Å². The van der Waals surface area contributed by atoms with Gasteiger partial charge in [0.05, 0.1) is 0 Å². The first kappa shape index (κ1) is 12.9. The molecule has 2 aromatic rings. The highest BCUT2D eigenvalue weighted by molar-refractivity contribution is 5.94. The van der Waals surface area contributed by atoms with Crippen LogP contribution in [0.1, 0.15) is 12.0 Å². The molecule has 2 aromatic carbocycles. The average Bonchev–Trinajstić information content (AvgIpc) is 2.45. The standard InChI is InChI=1S/C17H14O2/c1-2-3-13-19-17(18)12-11-15-9-6-8-14-7-4-5-10-16(14)15/h1,4-12H,3,13H2. The van der Waals surface area contributed by atoms with Crippen molar-refractivity contribution in [1.29, 1.82) is 0 Å². The molecule has 2 nitrogen and oxygen atoms in total. The van der Waals surface area contributed by atoms with Crippen LogP contribution in [-0.2, 0) is 9.53 Å². The number of hydrogen-bond acceptors (Lipinski definition) is 2. The fourth-order valence-corrected chi connectivity index (χ4v) is 1.81. The van der Waals surface area contributed by atoms with Gasteiger partial charge in [-0.15, -0.1) is 12.3 Å². The molecule has 0 radical (unpaired) electrons. The molecule has 0 unspecified atom stereocenters. The number of terminal acetylenes is 1. The minimum Gasteiger partial charge on any atom is -0.462 e. The first-order valence-electron chi connectivity index (χ1n) is 6.07. The largest absolute Gasteiger partial charge is 0.462 e. The molecule has 0 spiro atoms. The Bertz CT molecular complexity index is 642. The molecule has 0 aliphatic rings. The third kappa shape index (κ3) is 3.46. The quantitative estimate of drug-likeness (QED) is 0.360. The maximum absolute atomic E-state index is 11.4. The van der Waals surface area contributed by atoms with Crippen molar-refractivity contribution in [3.05, 3.63) is 54.1 Å². The predicted molar refractivity (Wildman–Crippen MR) is 77.4 cm³/mol. The van der Waals surface area contributed by atoms with Crippen molar-refractivity contribution in [2.24, 2.45) is 0 Å². The Hall–Kier alpha value is -2.53. The maximum atomic E-state index is 11.4. The Morgan fingerprint density at radius 2 is 2.00 bits per heavy atom. The van der Waals surface area contributed by atoms with E-state index in [9.17, 15) is 4.79 Å². The number of carbonyl (C=O) groups excluding carboxylic acids is 1. The minimum atomic E-state index is -0.372. The molecular weight excluding hydrogens is 236 g/mol. The van der Waals surface area contributed by atoms with Crippen LogP contribution in [0.3, 0.4) is 0 Å². The fraction of sp³-hybridized carbons (Fsp3) is 0.118. The lowest BCUT2D eigenvalue weighted by atomic mass is 10.0. The summed E-state index contributed by atoms with van der Waals surface area (Å²) in [5, 5.41) is 2.25. The second kappa shape index (κ2) is 6.42. The van der Waals surface area contributed by atoms with Gasteiger partial charge in [-0.05, 0) is 22.4 Å². The second-order valence-corrected chi connectivity index (χ2v) is 4.02. The molecule has 2 heteroatoms. The molecule has 0 saturated heterocycles. The molecule has 0 aromatic heterocycles. The van der Waals surface area contributed by atoms with Crippen molar-refractivity contribution in [3.63, 3.8) is 0 Å². The monoisotopic (exact) mass is 250 g/mol. The van der Waals surface area contributed by atoms with Gasteiger partial charge >= 0.3 is 5.97 Å². The Morgan fingerprint density at radius 3 is 2.84 bits per heavy atom. The van der Waals surface area contributed by atoms with E-state index in [-0.39, 0.29) is 12.6 Å². The third-order valence-corrected chi connectivity index (χ3v) is 2.71. The van der Waals surface area contributed by atoms with Gasteiger partial charge in [-0.2, -0.15) is 0 Å². The first-order valence-corrected chi connectivity index (χ1v) is 6.07. The molecule has 0 atom stereocenters. The molecule has 19 heavy (non-hydrogen) atoms. The van der Waals surface area contributed by atoms with E-state index in [2.05, 4.69) is 5.92 Å². The lowest BCUT2D eigenvalue weighted by Crippen LogP contribution is -2.01. The van der Waals surface area contributed by atoms with E-state index in [4.69, 9.17) is 11.2 Å². The Morgan fingerprint density at radius 1 is 1.21 bits per heavy atom. The minimum absolute atomic E-state index is 0.259. The summed E-state index contributed by atoms with van der Waals surface area (Å²) in [5.41, 5.74) is 0.993. The van der Waals surface area contributed by atoms with Gasteiger partial charge in [-0.1, -0.05) is 42.5 Å². The maximum Gasteiger partial charge on any atom is 0.330 e. The molecule has 0 aliphatic heterocycles. The van der Waals surface area contributed by atoms with Crippen molar-refractivity contribution in [2.45, 2.75) is 6.42 Å². The number of esters is 1. The number of fused-ring (bicyclic) bond motifs is 1. The molecule has 0 heterocycles. The summed E-state index contributed by atoms with van der Waals surface area (Å²) in [6, 6.07) is 14.0. The van der Waals surface area contributed by atoms with Crippen molar-refractivity contribution in [1.82, 2.24) is 0 Å². The second-order valence-electron chi connectivity index (χ2n) is 4.02. The van der Waals surface area contributed by atoms with E-state index < -0.39 is 0 Å². The van der Waals surface area contributed by atoms with Crippen molar-refractivity contribution in [2.75, 3.05) is 6.61 Å². The summed E-state index contributed by atoms with van der Waals surface area (Å²) in [6.07, 6.45) is 8.71. The SMILES string of the molecule is C#CCCOC(=O)C=Cc1cccc2ccccc12. The zero-order valence-electron chi connectivity index (χ0n) is 10.5. The highest BCUT2D eigenvalue weighted by Crippen LogP contribution is 2.19. The third-order valence-electron chi connectivity index (χ3n) is 2.71. The fourth-order valence-electron chi connectivity index (χ4n) is 1.81. The summed E-state index contributed by atoms with van der Waals surface area (Å²) in [6.45, 7) is 0.259. The zero-order valence-corrected chi connectivity index (χ0v) is 10.5. The number of rotatable bonds is 4. The van der Waals surface area contributed by atoms with Crippen molar-refractivity contribution < 1.29 is 9.53 Å². The van der Waals surface area contributed by atoms with Gasteiger partial charge in [0.2, 0.25) is 0 Å². The van der Waals surface area contributed by atoms with Gasteiger partial charge in [0.25, 0.3) is 0 Å². The van der Waals surface area contributed by atoms with E-state index in [1.54, 1.807) is 6.08 Å². The molecule has 0 bridgehead atoms. The average molecular weight is 250 g/mol. The van der Waals surface area contributed by atoms with E-state index in [1.807, 2.05) is 42.5 Å². The summed E-state index contributed by atoms with van der Waals surface area (Å²) in [5.74, 6) is 2.05. The number of carbonyl (C=O) groups is 1. The van der Waals surface area contributed by atoms with Crippen LogP contribution in [0.4, 0.5) is 0 Å². The van der Waals surface area contributed by atoms with Gasteiger partial charge in [-0.25, -0.2) is 4.79 Å². The van der Waals surface area contributed by atoms with Gasteiger partial charge in [0.1, 0.15) is 6.61 Å². The smallest absolute Gasteiger partial charge is 0.330 e. The molecule has 0 N–H and O–H groups in total. The van der Waals surface area contributed by atoms with E-state index in [1.165, 1.54) is 6.08 Å². The first-order chi connectivity index (χ1) is 9.31. The van der Waals surface area contributed by atoms with E-state index in [0.29, 0.717) is 6.42 Å². The van der Waals surface area contributed by atoms with Crippen molar-refractivity contribution in [3.8, 4) is 12.3 Å². The highest BCUT2D eigenvalue weighted by atomic mass is 16.5. The summed E-state index contributed by atoms with van der Waals surface area (Å²) in [4.78, 5) is 11.4. The molecule has 0 amide bonds. The summed E-state index contributed by atoms with van der Waals surface area (Å²) in [7, 11) is 0. The normalized spacial score (nSPS) is 10.5. The van der Waals surface area contributed by atoms with Crippen LogP contribution in [0.15, 0.2) is 48.5 Å². The summed E-state index contributed by atoms with van der Waals surface area (Å²) >= 11 is 0. The molecule has 0 fully saturated rings. The number of hydrogen-bond donors (Lipinski definition) is 0. The van der Waals surface area contributed by atoms with Crippen LogP contribution in [0.5, 0.6) is 0 Å². The predicted octanol–water partition coefficient (Wildman–Crippen LogP) is 3.42. The molecule has 2 rings (SSSR count). The molecular formula is C17H14O2. The zero-order chi connectivity index (χ0) is 13.5. The van der Waals surface area contributed by atoms with Crippen LogP contribution >= 0.6 is 0 Å². The topological polar surface area (TPSA) is 26.3 Å². The van der Waals surface area contributed by atoms with Gasteiger partial charge < -0.3 is 4.74 Å². The van der Waals surface area contributed by atoms with Crippen LogP contribution in [0.25, 0.3) is 16.8 Å². The lowest BCUT2D eigenvalue weighted by molar-refractivity contribution is -0.137. The van der Waals surface area contributed by atoms with Crippen LogP contribution in [0, 0.1) is 12.3 Å². The van der Waals surface area contributed by atoms with Gasteiger partial charge in [0, 0.05) is 12.5 Å². The Labute approximate surface area is 112 Å². The molecule has 94 valence electrons. The molecule has 0 saturated carbocycles.